The van der Waals surface area contributed by atoms with Gasteiger partial charge >= 0.3 is 0 Å². The van der Waals surface area contributed by atoms with Crippen LogP contribution in [-0.4, -0.2) is 37.9 Å². The summed E-state index contributed by atoms with van der Waals surface area (Å²) in [5.41, 5.74) is 1.66. The smallest absolute Gasteiger partial charge is 0.230 e. The van der Waals surface area contributed by atoms with E-state index in [2.05, 4.69) is 20.3 Å². The van der Waals surface area contributed by atoms with Crippen LogP contribution in [0.1, 0.15) is 5.56 Å². The van der Waals surface area contributed by atoms with Crippen molar-refractivity contribution in [3.05, 3.63) is 59.1 Å². The summed E-state index contributed by atoms with van der Waals surface area (Å²) >= 11 is 6.13. The molecule has 7 nitrogen and oxygen atoms in total. The van der Waals surface area contributed by atoms with Gasteiger partial charge in [0.25, 0.3) is 0 Å². The number of ether oxygens (including phenoxy) is 1. The number of halogens is 2. The van der Waals surface area contributed by atoms with Crippen molar-refractivity contribution in [2.75, 3.05) is 18.7 Å². The summed E-state index contributed by atoms with van der Waals surface area (Å²) < 4.78 is 30.4. The van der Waals surface area contributed by atoms with Crippen LogP contribution in [0.3, 0.4) is 0 Å². The highest BCUT2D eigenvalue weighted by Crippen LogP contribution is 2.28. The molecule has 0 amide bonds. The predicted octanol–water partition coefficient (Wildman–Crippen LogP) is 3.02. The summed E-state index contributed by atoms with van der Waals surface area (Å²) in [6.45, 7) is 0. The van der Waals surface area contributed by atoms with Crippen LogP contribution in [0.5, 0.6) is 5.75 Å². The Morgan fingerprint density at radius 1 is 1.25 bits per heavy atom. The SMILES string of the molecule is COc1cc(F)ccc1-c1ncnc(Nc2ccc(Cl)c(C=S(C)(N)=O)c2)n1. The lowest BCUT2D eigenvalue weighted by Crippen LogP contribution is -2.13. The van der Waals surface area contributed by atoms with E-state index >= 15 is 0 Å². The summed E-state index contributed by atoms with van der Waals surface area (Å²) in [5.74, 6) is 0.454. The Hall–Kier alpha value is -2.75. The molecule has 10 heteroatoms. The number of anilines is 2. The molecule has 0 saturated carbocycles. The number of hydrogen-bond acceptors (Lipinski definition) is 6. The van der Waals surface area contributed by atoms with Gasteiger partial charge in [-0.3, -0.25) is 9.35 Å². The van der Waals surface area contributed by atoms with E-state index in [1.54, 1.807) is 18.2 Å². The fourth-order valence-corrected chi connectivity index (χ4v) is 3.37. The number of benzene rings is 2. The Kier molecular flexibility index (Phi) is 5.78. The molecule has 0 aliphatic rings. The van der Waals surface area contributed by atoms with E-state index in [1.165, 1.54) is 43.3 Å². The molecule has 1 unspecified atom stereocenters. The Bertz CT molecular complexity index is 1140. The molecule has 28 heavy (non-hydrogen) atoms. The molecule has 146 valence electrons. The first-order chi connectivity index (χ1) is 13.2. The molecule has 1 atom stereocenters. The highest BCUT2D eigenvalue weighted by Gasteiger charge is 2.12. The Labute approximate surface area is 166 Å². The summed E-state index contributed by atoms with van der Waals surface area (Å²) in [6, 6.07) is 9.12. The van der Waals surface area contributed by atoms with E-state index in [1.807, 2.05) is 0 Å². The third kappa shape index (κ3) is 4.94. The van der Waals surface area contributed by atoms with E-state index in [0.717, 1.165) is 0 Å². The van der Waals surface area contributed by atoms with E-state index < -0.39 is 15.5 Å². The zero-order chi connectivity index (χ0) is 20.3. The monoisotopic (exact) mass is 421 g/mol. The van der Waals surface area contributed by atoms with Crippen molar-refractivity contribution in [1.82, 2.24) is 15.0 Å². The topological polar surface area (TPSA) is 103 Å². The van der Waals surface area contributed by atoms with Crippen molar-refractivity contribution in [3.8, 4) is 17.1 Å². The van der Waals surface area contributed by atoms with Gasteiger partial charge in [0.05, 0.1) is 12.7 Å². The standard InChI is InChI=1S/C18H17ClFN5O2S/c1-27-16-8-12(20)3-5-14(16)17-22-10-23-18(25-17)24-13-4-6-15(19)11(7-13)9-28(2,21)26/h3-10H,1-2H3,(H2,21,26)(H,22,23,24,25). The van der Waals surface area contributed by atoms with Gasteiger partial charge in [0.15, 0.2) is 5.82 Å². The Balaban J connectivity index is 1.94. The second kappa shape index (κ2) is 8.09. The number of nitrogens with zero attached hydrogens (tertiary/aromatic N) is 3. The van der Waals surface area contributed by atoms with Crippen LogP contribution in [0.15, 0.2) is 42.7 Å². The van der Waals surface area contributed by atoms with E-state index in [0.29, 0.717) is 33.4 Å². The van der Waals surface area contributed by atoms with Crippen molar-refractivity contribution < 1.29 is 13.3 Å². The van der Waals surface area contributed by atoms with E-state index in [9.17, 15) is 8.60 Å². The number of methoxy groups -OCH3 is 1. The Morgan fingerprint density at radius 3 is 2.75 bits per heavy atom. The van der Waals surface area contributed by atoms with Gasteiger partial charge in [0.2, 0.25) is 5.95 Å². The molecule has 0 saturated heterocycles. The number of aromatic nitrogens is 3. The van der Waals surface area contributed by atoms with Crippen molar-refractivity contribution >= 4 is 38.3 Å². The minimum absolute atomic E-state index is 0.259. The zero-order valence-electron chi connectivity index (χ0n) is 15.0. The van der Waals surface area contributed by atoms with Gasteiger partial charge in [-0.25, -0.2) is 14.4 Å². The van der Waals surface area contributed by atoms with Gasteiger partial charge in [0.1, 0.15) is 17.9 Å². The minimum Gasteiger partial charge on any atom is -0.496 e. The van der Waals surface area contributed by atoms with Crippen molar-refractivity contribution in [3.63, 3.8) is 0 Å². The lowest BCUT2D eigenvalue weighted by Gasteiger charge is -2.10. The van der Waals surface area contributed by atoms with Crippen molar-refractivity contribution in [2.45, 2.75) is 0 Å². The average molecular weight is 422 g/mol. The first-order valence-corrected chi connectivity index (χ1v) is 10.4. The van der Waals surface area contributed by atoms with Crippen LogP contribution in [0.2, 0.25) is 5.02 Å². The highest BCUT2D eigenvalue weighted by atomic mass is 35.5. The normalized spacial score (nSPS) is 12.9. The van der Waals surface area contributed by atoms with Gasteiger partial charge in [-0.1, -0.05) is 11.6 Å². The Morgan fingerprint density at radius 2 is 2.04 bits per heavy atom. The van der Waals surface area contributed by atoms with Crippen LogP contribution in [-0.2, 0) is 9.71 Å². The number of hydrogen-bond donors (Lipinski definition) is 2. The molecule has 1 heterocycles. The second-order valence-electron chi connectivity index (χ2n) is 5.92. The van der Waals surface area contributed by atoms with Crippen LogP contribution in [0.25, 0.3) is 11.4 Å². The molecular formula is C18H17ClFN5O2S. The van der Waals surface area contributed by atoms with Crippen molar-refractivity contribution in [2.24, 2.45) is 5.14 Å². The molecule has 1 aromatic heterocycles. The fourth-order valence-electron chi connectivity index (χ4n) is 2.43. The van der Waals surface area contributed by atoms with Gasteiger partial charge in [0, 0.05) is 43.7 Å². The molecule has 0 radical (unpaired) electrons. The van der Waals surface area contributed by atoms with E-state index in [4.69, 9.17) is 21.5 Å². The number of rotatable bonds is 5. The maximum absolute atomic E-state index is 13.4. The van der Waals surface area contributed by atoms with Gasteiger partial charge in [-0.2, -0.15) is 4.98 Å². The number of nitrogens with one attached hydrogen (secondary N) is 1. The summed E-state index contributed by atoms with van der Waals surface area (Å²) in [7, 11) is -1.18. The molecule has 2 aromatic carbocycles. The van der Waals surface area contributed by atoms with Crippen LogP contribution in [0.4, 0.5) is 16.0 Å². The van der Waals surface area contributed by atoms with E-state index in [-0.39, 0.29) is 5.95 Å². The predicted molar refractivity (Wildman–Crippen MR) is 110 cm³/mol. The lowest BCUT2D eigenvalue weighted by atomic mass is 10.2. The number of nitrogens with two attached hydrogens (primary N) is 1. The molecule has 0 fully saturated rings. The second-order valence-corrected chi connectivity index (χ2v) is 8.50. The van der Waals surface area contributed by atoms with Gasteiger partial charge in [-0.05, 0) is 30.3 Å². The van der Waals surface area contributed by atoms with Crippen LogP contribution < -0.4 is 15.2 Å². The third-order valence-electron chi connectivity index (χ3n) is 3.59. The molecule has 3 N–H and O–H groups in total. The molecule has 3 aromatic rings. The molecule has 0 spiro atoms. The first-order valence-electron chi connectivity index (χ1n) is 7.96. The quantitative estimate of drug-likeness (QED) is 0.614. The minimum atomic E-state index is -2.62. The summed E-state index contributed by atoms with van der Waals surface area (Å²) in [4.78, 5) is 12.6. The average Bonchev–Trinajstić information content (AvgIpc) is 2.63. The van der Waals surface area contributed by atoms with Crippen molar-refractivity contribution in [1.29, 1.82) is 0 Å². The third-order valence-corrected chi connectivity index (χ3v) is 4.66. The van der Waals surface area contributed by atoms with Gasteiger partial charge in [-0.15, -0.1) is 0 Å². The fraction of sp³-hybridized carbons (Fsp3) is 0.111. The molecule has 0 aliphatic heterocycles. The lowest BCUT2D eigenvalue weighted by molar-refractivity contribution is 0.412. The van der Waals surface area contributed by atoms with Crippen LogP contribution >= 0.6 is 11.6 Å². The highest BCUT2D eigenvalue weighted by molar-refractivity contribution is 7.98. The summed E-state index contributed by atoms with van der Waals surface area (Å²) in [5, 5.41) is 10.4. The maximum Gasteiger partial charge on any atom is 0.230 e. The molecule has 3 rings (SSSR count). The van der Waals surface area contributed by atoms with Gasteiger partial charge < -0.3 is 10.1 Å². The molecule has 0 bridgehead atoms. The zero-order valence-corrected chi connectivity index (χ0v) is 16.6. The summed E-state index contributed by atoms with van der Waals surface area (Å²) in [6.07, 6.45) is 2.74. The first kappa shape index (κ1) is 20.0. The largest absolute Gasteiger partial charge is 0.496 e. The molecule has 0 aliphatic carbocycles. The van der Waals surface area contributed by atoms with Crippen LogP contribution in [0, 0.1) is 5.82 Å². The molecular weight excluding hydrogens is 405 g/mol. The maximum atomic E-state index is 13.4.